The first kappa shape index (κ1) is 14.8. The second-order valence-corrected chi connectivity index (χ2v) is 4.73. The molecule has 3 N–H and O–H groups in total. The third-order valence-corrected chi connectivity index (χ3v) is 3.27. The van der Waals surface area contributed by atoms with Crippen molar-refractivity contribution >= 4 is 17.5 Å². The maximum atomic E-state index is 11.5. The third kappa shape index (κ3) is 3.72. The Morgan fingerprint density at radius 2 is 2.05 bits per heavy atom. The molecule has 0 bridgehead atoms. The van der Waals surface area contributed by atoms with Crippen molar-refractivity contribution in [2.75, 3.05) is 24.7 Å². The Kier molecular flexibility index (Phi) is 4.77. The Balaban J connectivity index is 2.03. The lowest BCUT2D eigenvalue weighted by Gasteiger charge is -2.10. The number of nitrogens with one attached hydrogen (secondary N) is 1. The number of aromatic nitrogens is 1. The van der Waals surface area contributed by atoms with Crippen molar-refractivity contribution in [1.29, 1.82) is 0 Å². The number of benzene rings is 1. The fraction of sp³-hybridized carbons (Fsp3) is 0.250. The SMILES string of the molecule is COC(=O)c1ccc(N)c(NCCc2ccccc2C)n1. The van der Waals surface area contributed by atoms with Gasteiger partial charge in [0.05, 0.1) is 12.8 Å². The highest BCUT2D eigenvalue weighted by Gasteiger charge is 2.10. The number of methoxy groups -OCH3 is 1. The molecule has 0 amide bonds. The van der Waals surface area contributed by atoms with E-state index in [4.69, 9.17) is 5.73 Å². The van der Waals surface area contributed by atoms with Crippen LogP contribution < -0.4 is 11.1 Å². The van der Waals surface area contributed by atoms with Gasteiger partial charge in [-0.3, -0.25) is 0 Å². The predicted octanol–water partition coefficient (Wildman–Crippen LogP) is 2.41. The number of hydrogen-bond donors (Lipinski definition) is 2. The fourth-order valence-electron chi connectivity index (χ4n) is 2.04. The maximum Gasteiger partial charge on any atom is 0.356 e. The van der Waals surface area contributed by atoms with E-state index in [0.717, 1.165) is 6.42 Å². The van der Waals surface area contributed by atoms with Crippen molar-refractivity contribution in [3.8, 4) is 0 Å². The highest BCUT2D eigenvalue weighted by molar-refractivity contribution is 5.88. The van der Waals surface area contributed by atoms with Gasteiger partial charge in [0, 0.05) is 6.54 Å². The van der Waals surface area contributed by atoms with Crippen molar-refractivity contribution in [3.05, 3.63) is 53.2 Å². The number of hydrogen-bond acceptors (Lipinski definition) is 5. The quantitative estimate of drug-likeness (QED) is 0.825. The second-order valence-electron chi connectivity index (χ2n) is 4.73. The van der Waals surface area contributed by atoms with Gasteiger partial charge in [-0.05, 0) is 36.6 Å². The zero-order valence-corrected chi connectivity index (χ0v) is 12.2. The normalized spacial score (nSPS) is 10.2. The summed E-state index contributed by atoms with van der Waals surface area (Å²) in [6.07, 6.45) is 0.857. The molecule has 0 saturated carbocycles. The van der Waals surface area contributed by atoms with Gasteiger partial charge in [0.25, 0.3) is 0 Å². The zero-order chi connectivity index (χ0) is 15.2. The van der Waals surface area contributed by atoms with Crippen LogP contribution in [0.15, 0.2) is 36.4 Å². The summed E-state index contributed by atoms with van der Waals surface area (Å²) in [4.78, 5) is 15.6. The van der Waals surface area contributed by atoms with E-state index in [1.807, 2.05) is 12.1 Å². The van der Waals surface area contributed by atoms with Crippen LogP contribution in [0.25, 0.3) is 0 Å². The Hall–Kier alpha value is -2.56. The number of ether oxygens (including phenoxy) is 1. The van der Waals surface area contributed by atoms with Gasteiger partial charge in [0.1, 0.15) is 5.82 Å². The molecule has 0 atom stereocenters. The van der Waals surface area contributed by atoms with Crippen LogP contribution in [0, 0.1) is 6.92 Å². The number of esters is 1. The summed E-state index contributed by atoms with van der Waals surface area (Å²) in [6.45, 7) is 2.77. The minimum Gasteiger partial charge on any atom is -0.464 e. The Morgan fingerprint density at radius 1 is 1.29 bits per heavy atom. The number of rotatable bonds is 5. The summed E-state index contributed by atoms with van der Waals surface area (Å²) < 4.78 is 4.65. The number of anilines is 2. The molecule has 1 aromatic heterocycles. The molecule has 0 saturated heterocycles. The molecule has 0 unspecified atom stereocenters. The van der Waals surface area contributed by atoms with Crippen molar-refractivity contribution in [2.24, 2.45) is 0 Å². The molecular weight excluding hydrogens is 266 g/mol. The number of carbonyl (C=O) groups is 1. The minimum absolute atomic E-state index is 0.241. The van der Waals surface area contributed by atoms with Gasteiger partial charge in [-0.2, -0.15) is 0 Å². The van der Waals surface area contributed by atoms with Gasteiger partial charge in [-0.1, -0.05) is 24.3 Å². The second kappa shape index (κ2) is 6.74. The molecule has 2 rings (SSSR count). The lowest BCUT2D eigenvalue weighted by atomic mass is 10.1. The molecule has 5 heteroatoms. The summed E-state index contributed by atoms with van der Waals surface area (Å²) in [5, 5.41) is 3.16. The Bertz CT molecular complexity index is 641. The molecule has 0 aliphatic rings. The van der Waals surface area contributed by atoms with Gasteiger partial charge in [0.2, 0.25) is 0 Å². The number of carbonyl (C=O) groups excluding carboxylic acids is 1. The summed E-state index contributed by atoms with van der Waals surface area (Å²) in [5.74, 6) is 0.0310. The Morgan fingerprint density at radius 3 is 2.76 bits per heavy atom. The smallest absolute Gasteiger partial charge is 0.356 e. The van der Waals surface area contributed by atoms with Crippen molar-refractivity contribution in [1.82, 2.24) is 4.98 Å². The number of pyridine rings is 1. The van der Waals surface area contributed by atoms with E-state index >= 15 is 0 Å². The molecule has 5 nitrogen and oxygen atoms in total. The van der Waals surface area contributed by atoms with E-state index in [2.05, 4.69) is 34.1 Å². The molecule has 0 radical (unpaired) electrons. The highest BCUT2D eigenvalue weighted by atomic mass is 16.5. The number of aryl methyl sites for hydroxylation is 1. The average Bonchev–Trinajstić information content (AvgIpc) is 2.50. The molecule has 0 aliphatic heterocycles. The average molecular weight is 285 g/mol. The summed E-state index contributed by atoms with van der Waals surface area (Å²) in [6, 6.07) is 11.4. The molecule has 0 spiro atoms. The Labute approximate surface area is 124 Å². The summed E-state index contributed by atoms with van der Waals surface area (Å²) >= 11 is 0. The summed E-state index contributed by atoms with van der Waals surface area (Å²) in [5.41, 5.74) is 9.14. The molecule has 1 heterocycles. The molecule has 1 aromatic carbocycles. The van der Waals surface area contributed by atoms with Gasteiger partial charge in [-0.15, -0.1) is 0 Å². The zero-order valence-electron chi connectivity index (χ0n) is 12.2. The van der Waals surface area contributed by atoms with Gasteiger partial charge in [-0.25, -0.2) is 9.78 Å². The first-order valence-electron chi connectivity index (χ1n) is 6.75. The van der Waals surface area contributed by atoms with Crippen LogP contribution in [0.5, 0.6) is 0 Å². The molecular formula is C16H19N3O2. The van der Waals surface area contributed by atoms with Crippen molar-refractivity contribution in [2.45, 2.75) is 13.3 Å². The first-order valence-corrected chi connectivity index (χ1v) is 6.75. The first-order chi connectivity index (χ1) is 10.1. The molecule has 0 fully saturated rings. The van der Waals surface area contributed by atoms with Crippen LogP contribution in [0.3, 0.4) is 0 Å². The highest BCUT2D eigenvalue weighted by Crippen LogP contribution is 2.16. The van der Waals surface area contributed by atoms with Crippen LogP contribution in [-0.4, -0.2) is 24.6 Å². The van der Waals surface area contributed by atoms with Crippen LogP contribution in [0.1, 0.15) is 21.6 Å². The van der Waals surface area contributed by atoms with Crippen LogP contribution >= 0.6 is 0 Å². The standard InChI is InChI=1S/C16H19N3O2/c1-11-5-3-4-6-12(11)9-10-18-15-13(17)7-8-14(19-15)16(20)21-2/h3-8H,9-10,17H2,1-2H3,(H,18,19). The molecule has 2 aromatic rings. The van der Waals surface area contributed by atoms with Gasteiger partial charge < -0.3 is 15.8 Å². The van der Waals surface area contributed by atoms with Crippen LogP contribution in [0.2, 0.25) is 0 Å². The lowest BCUT2D eigenvalue weighted by Crippen LogP contribution is -2.12. The number of nitrogens with zero attached hydrogens (tertiary/aromatic N) is 1. The van der Waals surface area contributed by atoms with Crippen molar-refractivity contribution in [3.63, 3.8) is 0 Å². The minimum atomic E-state index is -0.475. The van der Waals surface area contributed by atoms with E-state index in [-0.39, 0.29) is 5.69 Å². The van der Waals surface area contributed by atoms with Gasteiger partial charge >= 0.3 is 5.97 Å². The molecule has 110 valence electrons. The predicted molar refractivity (Wildman–Crippen MR) is 83.4 cm³/mol. The van der Waals surface area contributed by atoms with E-state index in [9.17, 15) is 4.79 Å². The lowest BCUT2D eigenvalue weighted by molar-refractivity contribution is 0.0594. The van der Waals surface area contributed by atoms with Crippen LogP contribution in [0.4, 0.5) is 11.5 Å². The summed E-state index contributed by atoms with van der Waals surface area (Å²) in [7, 11) is 1.33. The molecule has 21 heavy (non-hydrogen) atoms. The van der Waals surface area contributed by atoms with Gasteiger partial charge in [0.15, 0.2) is 5.69 Å². The fourth-order valence-corrected chi connectivity index (χ4v) is 2.04. The number of nitrogens with two attached hydrogens (primary N) is 1. The van der Waals surface area contributed by atoms with Crippen LogP contribution in [-0.2, 0) is 11.2 Å². The maximum absolute atomic E-state index is 11.5. The molecule has 0 aliphatic carbocycles. The van der Waals surface area contributed by atoms with E-state index in [1.54, 1.807) is 12.1 Å². The largest absolute Gasteiger partial charge is 0.464 e. The van der Waals surface area contributed by atoms with E-state index in [0.29, 0.717) is 18.1 Å². The third-order valence-electron chi connectivity index (χ3n) is 3.27. The number of nitrogen functional groups attached to an aromatic ring is 1. The van der Waals surface area contributed by atoms with E-state index in [1.165, 1.54) is 18.2 Å². The van der Waals surface area contributed by atoms with E-state index < -0.39 is 5.97 Å². The monoisotopic (exact) mass is 285 g/mol. The van der Waals surface area contributed by atoms with Crippen molar-refractivity contribution < 1.29 is 9.53 Å². The topological polar surface area (TPSA) is 77.2 Å².